The topological polar surface area (TPSA) is 44.1 Å². The Morgan fingerprint density at radius 2 is 2.27 bits per heavy atom. The molecule has 62 valence electrons. The van der Waals surface area contributed by atoms with Crippen LogP contribution in [0.2, 0.25) is 0 Å². The van der Waals surface area contributed by atoms with Gasteiger partial charge in [0.1, 0.15) is 6.54 Å². The maximum atomic E-state index is 11.2. The van der Waals surface area contributed by atoms with Gasteiger partial charge in [0, 0.05) is 13.0 Å². The summed E-state index contributed by atoms with van der Waals surface area (Å²) < 4.78 is 0. The Hall–Kier alpha value is -1.04. The van der Waals surface area contributed by atoms with Gasteiger partial charge in [-0.25, -0.2) is 0 Å². The lowest BCUT2D eigenvalue weighted by Crippen LogP contribution is -2.31. The quantitative estimate of drug-likeness (QED) is 0.569. The third-order valence-electron chi connectivity index (χ3n) is 1.72. The van der Waals surface area contributed by atoms with E-state index in [1.165, 1.54) is 4.90 Å². The number of hydrogen-bond donors (Lipinski definition) is 0. The number of carbonyl (C=O) groups is 1. The summed E-state index contributed by atoms with van der Waals surface area (Å²) >= 11 is 0. The SMILES string of the molecule is CC[C@@H](C)C(=O)N(C)CC#N. The lowest BCUT2D eigenvalue weighted by atomic mass is 10.1. The lowest BCUT2D eigenvalue weighted by Gasteiger charge is -2.16. The van der Waals surface area contributed by atoms with E-state index in [1.807, 2.05) is 19.9 Å². The molecule has 0 radical (unpaired) electrons. The standard InChI is InChI=1S/C8H14N2O/c1-4-7(2)8(11)10(3)6-5-9/h7H,4,6H2,1-3H3/t7-/m1/s1. The zero-order chi connectivity index (χ0) is 8.85. The van der Waals surface area contributed by atoms with Gasteiger partial charge in [-0.3, -0.25) is 4.79 Å². The molecule has 3 nitrogen and oxygen atoms in total. The largest absolute Gasteiger partial charge is 0.332 e. The fourth-order valence-electron chi connectivity index (χ4n) is 0.735. The molecule has 0 aliphatic carbocycles. The van der Waals surface area contributed by atoms with E-state index in [0.29, 0.717) is 0 Å². The van der Waals surface area contributed by atoms with Crippen molar-refractivity contribution in [3.8, 4) is 6.07 Å². The average molecular weight is 154 g/mol. The maximum Gasteiger partial charge on any atom is 0.225 e. The first-order valence-corrected chi connectivity index (χ1v) is 3.75. The Bertz CT molecular complexity index is 171. The van der Waals surface area contributed by atoms with E-state index in [1.54, 1.807) is 7.05 Å². The number of carbonyl (C=O) groups excluding carboxylic acids is 1. The van der Waals surface area contributed by atoms with E-state index in [9.17, 15) is 4.79 Å². The second-order valence-corrected chi connectivity index (χ2v) is 2.66. The van der Waals surface area contributed by atoms with Gasteiger partial charge < -0.3 is 4.90 Å². The van der Waals surface area contributed by atoms with Crippen molar-refractivity contribution in [2.75, 3.05) is 13.6 Å². The highest BCUT2D eigenvalue weighted by molar-refractivity contribution is 5.78. The molecule has 1 atom stereocenters. The van der Waals surface area contributed by atoms with E-state index in [2.05, 4.69) is 0 Å². The van der Waals surface area contributed by atoms with Gasteiger partial charge in [0.25, 0.3) is 0 Å². The summed E-state index contributed by atoms with van der Waals surface area (Å²) in [5, 5.41) is 8.30. The zero-order valence-corrected chi connectivity index (χ0v) is 7.29. The fraction of sp³-hybridized carbons (Fsp3) is 0.750. The van der Waals surface area contributed by atoms with E-state index < -0.39 is 0 Å². The second-order valence-electron chi connectivity index (χ2n) is 2.66. The smallest absolute Gasteiger partial charge is 0.225 e. The molecule has 0 spiro atoms. The Kier molecular flexibility index (Phi) is 4.28. The van der Waals surface area contributed by atoms with E-state index >= 15 is 0 Å². The average Bonchev–Trinajstić information content (AvgIpc) is 2.02. The molecule has 0 aromatic rings. The summed E-state index contributed by atoms with van der Waals surface area (Å²) in [6.45, 7) is 4.02. The molecule has 0 unspecified atom stereocenters. The molecule has 1 amide bonds. The van der Waals surface area contributed by atoms with Crippen LogP contribution in [0, 0.1) is 17.2 Å². The van der Waals surface area contributed by atoms with Crippen molar-refractivity contribution < 1.29 is 4.79 Å². The summed E-state index contributed by atoms with van der Waals surface area (Å²) in [7, 11) is 1.65. The Morgan fingerprint density at radius 1 is 1.73 bits per heavy atom. The van der Waals surface area contributed by atoms with Crippen molar-refractivity contribution in [1.82, 2.24) is 4.90 Å². The van der Waals surface area contributed by atoms with E-state index in [4.69, 9.17) is 5.26 Å². The van der Waals surface area contributed by atoms with E-state index in [-0.39, 0.29) is 18.4 Å². The van der Waals surface area contributed by atoms with Crippen molar-refractivity contribution in [3.63, 3.8) is 0 Å². The lowest BCUT2D eigenvalue weighted by molar-refractivity contribution is -0.133. The van der Waals surface area contributed by atoms with Crippen LogP contribution in [0.3, 0.4) is 0 Å². The molecule has 0 aliphatic heterocycles. The number of nitrogens with zero attached hydrogens (tertiary/aromatic N) is 2. The number of hydrogen-bond acceptors (Lipinski definition) is 2. The molecular formula is C8H14N2O. The van der Waals surface area contributed by atoms with Gasteiger partial charge in [-0.05, 0) is 6.42 Å². The minimum atomic E-state index is 0.0355. The summed E-state index contributed by atoms with van der Waals surface area (Å²) in [6.07, 6.45) is 0.828. The molecule has 11 heavy (non-hydrogen) atoms. The number of rotatable bonds is 3. The van der Waals surface area contributed by atoms with Crippen LogP contribution in [-0.4, -0.2) is 24.4 Å². The molecule has 0 saturated heterocycles. The Balaban J connectivity index is 3.93. The van der Waals surface area contributed by atoms with Crippen molar-refractivity contribution in [2.45, 2.75) is 20.3 Å². The summed E-state index contributed by atoms with van der Waals surface area (Å²) in [4.78, 5) is 12.7. The number of nitriles is 1. The first-order chi connectivity index (χ1) is 5.13. The van der Waals surface area contributed by atoms with Crippen molar-refractivity contribution in [3.05, 3.63) is 0 Å². The van der Waals surface area contributed by atoms with Crippen LogP contribution in [0.5, 0.6) is 0 Å². The van der Waals surface area contributed by atoms with Crippen LogP contribution in [0.15, 0.2) is 0 Å². The predicted molar refractivity (Wildman–Crippen MR) is 42.7 cm³/mol. The van der Waals surface area contributed by atoms with Crippen LogP contribution in [-0.2, 0) is 4.79 Å². The second kappa shape index (κ2) is 4.73. The fourth-order valence-corrected chi connectivity index (χ4v) is 0.735. The molecule has 0 aliphatic rings. The molecule has 3 heteroatoms. The van der Waals surface area contributed by atoms with Crippen LogP contribution < -0.4 is 0 Å². The van der Waals surface area contributed by atoms with E-state index in [0.717, 1.165) is 6.42 Å². The zero-order valence-electron chi connectivity index (χ0n) is 7.29. The van der Waals surface area contributed by atoms with Crippen molar-refractivity contribution in [2.24, 2.45) is 5.92 Å². The first-order valence-electron chi connectivity index (χ1n) is 3.75. The van der Waals surface area contributed by atoms with Gasteiger partial charge in [0.2, 0.25) is 5.91 Å². The number of amides is 1. The monoisotopic (exact) mass is 154 g/mol. The van der Waals surface area contributed by atoms with Crippen LogP contribution in [0.1, 0.15) is 20.3 Å². The molecule has 0 fully saturated rings. The van der Waals surface area contributed by atoms with Crippen LogP contribution in [0.4, 0.5) is 0 Å². The third-order valence-corrected chi connectivity index (χ3v) is 1.72. The van der Waals surface area contributed by atoms with Gasteiger partial charge in [0.05, 0.1) is 6.07 Å². The van der Waals surface area contributed by atoms with Crippen LogP contribution in [0.25, 0.3) is 0 Å². The molecular weight excluding hydrogens is 140 g/mol. The van der Waals surface area contributed by atoms with Gasteiger partial charge in [-0.1, -0.05) is 13.8 Å². The third kappa shape index (κ3) is 3.03. The minimum absolute atomic E-state index is 0.0355. The molecule has 0 rings (SSSR count). The summed E-state index contributed by atoms with van der Waals surface area (Å²) in [6, 6.07) is 1.93. The highest BCUT2D eigenvalue weighted by Crippen LogP contribution is 2.03. The Labute approximate surface area is 67.6 Å². The normalized spacial score (nSPS) is 11.8. The molecule has 0 saturated carbocycles. The van der Waals surface area contributed by atoms with Crippen LogP contribution >= 0.6 is 0 Å². The molecule has 0 heterocycles. The maximum absolute atomic E-state index is 11.2. The molecule has 0 aromatic carbocycles. The van der Waals surface area contributed by atoms with Gasteiger partial charge in [-0.15, -0.1) is 0 Å². The Morgan fingerprint density at radius 3 is 2.64 bits per heavy atom. The van der Waals surface area contributed by atoms with Gasteiger partial charge >= 0.3 is 0 Å². The summed E-state index contributed by atoms with van der Waals surface area (Å²) in [5.74, 6) is 0.0856. The highest BCUT2D eigenvalue weighted by atomic mass is 16.2. The van der Waals surface area contributed by atoms with Gasteiger partial charge in [-0.2, -0.15) is 5.26 Å². The van der Waals surface area contributed by atoms with Crippen molar-refractivity contribution in [1.29, 1.82) is 5.26 Å². The minimum Gasteiger partial charge on any atom is -0.332 e. The highest BCUT2D eigenvalue weighted by Gasteiger charge is 2.14. The predicted octanol–water partition coefficient (Wildman–Crippen LogP) is 1.01. The molecule has 0 N–H and O–H groups in total. The molecule has 0 bridgehead atoms. The first kappa shape index (κ1) is 9.96. The van der Waals surface area contributed by atoms with Crippen molar-refractivity contribution >= 4 is 5.91 Å². The summed E-state index contributed by atoms with van der Waals surface area (Å²) in [5.41, 5.74) is 0. The van der Waals surface area contributed by atoms with Gasteiger partial charge in [0.15, 0.2) is 0 Å². The molecule has 0 aromatic heterocycles.